The molecule has 1 aliphatic rings. The highest BCUT2D eigenvalue weighted by molar-refractivity contribution is 6.22. The van der Waals surface area contributed by atoms with Gasteiger partial charge < -0.3 is 14.2 Å². The largest absolute Gasteiger partial charge is 0.573 e. The van der Waals surface area contributed by atoms with E-state index in [1.165, 1.54) is 12.1 Å². The summed E-state index contributed by atoms with van der Waals surface area (Å²) in [5.74, 6) is -0.0481. The van der Waals surface area contributed by atoms with Crippen LogP contribution < -0.4 is 19.1 Å². The van der Waals surface area contributed by atoms with Crippen molar-refractivity contribution in [3.05, 3.63) is 48.0 Å². The normalized spacial score (nSPS) is 16.6. The molecule has 1 fully saturated rings. The molecule has 0 aliphatic carbocycles. The molecule has 0 spiro atoms. The zero-order valence-corrected chi connectivity index (χ0v) is 17.8. The van der Waals surface area contributed by atoms with E-state index in [1.54, 1.807) is 32.2 Å². The van der Waals surface area contributed by atoms with Crippen molar-refractivity contribution >= 4 is 17.5 Å². The highest BCUT2D eigenvalue weighted by atomic mass is 19.4. The molecular weight excluding hydrogens is 429 g/mol. The number of anilines is 1. The molecule has 7 nitrogen and oxygen atoms in total. The summed E-state index contributed by atoms with van der Waals surface area (Å²) < 4.78 is 51.3. The Morgan fingerprint density at radius 2 is 1.69 bits per heavy atom. The number of rotatable bonds is 8. The average molecular weight is 452 g/mol. The van der Waals surface area contributed by atoms with Gasteiger partial charge in [0.05, 0.1) is 32.4 Å². The highest BCUT2D eigenvalue weighted by Crippen LogP contribution is 2.30. The maximum Gasteiger partial charge on any atom is 0.573 e. The molecule has 1 heterocycles. The molecule has 1 atom stereocenters. The lowest BCUT2D eigenvalue weighted by atomic mass is 10.1. The minimum Gasteiger partial charge on any atom is -0.493 e. The SMILES string of the molecule is COc1ccc(CCN(C)C2CC(=O)N(c3ccc(OC(F)(F)F)cc3)C2=O)cc1OC. The van der Waals surface area contributed by atoms with Gasteiger partial charge in [0.25, 0.3) is 5.91 Å². The van der Waals surface area contributed by atoms with Crippen LogP contribution in [0.2, 0.25) is 0 Å². The molecule has 0 N–H and O–H groups in total. The summed E-state index contributed by atoms with van der Waals surface area (Å²) in [6.07, 6.45) is -4.22. The van der Waals surface area contributed by atoms with E-state index < -0.39 is 30.0 Å². The van der Waals surface area contributed by atoms with Crippen LogP contribution in [0.25, 0.3) is 0 Å². The van der Waals surface area contributed by atoms with Gasteiger partial charge in [-0.05, 0) is 55.4 Å². The summed E-state index contributed by atoms with van der Waals surface area (Å²) in [4.78, 5) is 28.1. The van der Waals surface area contributed by atoms with E-state index in [0.29, 0.717) is 24.5 Å². The molecule has 32 heavy (non-hydrogen) atoms. The van der Waals surface area contributed by atoms with Crippen LogP contribution in [0.3, 0.4) is 0 Å². The Balaban J connectivity index is 1.65. The number of benzene rings is 2. The third-order valence-corrected chi connectivity index (χ3v) is 5.18. The summed E-state index contributed by atoms with van der Waals surface area (Å²) in [5.41, 5.74) is 1.17. The topological polar surface area (TPSA) is 68.3 Å². The quantitative estimate of drug-likeness (QED) is 0.572. The first kappa shape index (κ1) is 23.4. The van der Waals surface area contributed by atoms with Crippen LogP contribution in [0.5, 0.6) is 17.2 Å². The fourth-order valence-corrected chi connectivity index (χ4v) is 3.53. The lowest BCUT2D eigenvalue weighted by Crippen LogP contribution is -2.40. The second kappa shape index (κ2) is 9.47. The van der Waals surface area contributed by atoms with Crippen molar-refractivity contribution in [2.45, 2.75) is 25.2 Å². The number of alkyl halides is 3. The van der Waals surface area contributed by atoms with E-state index in [1.807, 2.05) is 12.1 Å². The Morgan fingerprint density at radius 1 is 1.03 bits per heavy atom. The van der Waals surface area contributed by atoms with Gasteiger partial charge in [-0.3, -0.25) is 14.5 Å². The first-order valence-electron chi connectivity index (χ1n) is 9.76. The minimum atomic E-state index is -4.82. The third-order valence-electron chi connectivity index (χ3n) is 5.18. The number of methoxy groups -OCH3 is 2. The number of nitrogens with zero attached hydrogens (tertiary/aromatic N) is 2. The molecule has 2 aromatic carbocycles. The van der Waals surface area contributed by atoms with Crippen LogP contribution in [-0.4, -0.2) is 56.9 Å². The second-order valence-corrected chi connectivity index (χ2v) is 7.25. The molecule has 3 rings (SSSR count). The standard InChI is InChI=1S/C22H23F3N2O5/c1-26(11-10-14-4-9-18(30-2)19(12-14)31-3)17-13-20(28)27(21(17)29)15-5-7-16(8-6-15)32-22(23,24)25/h4-9,12,17H,10-11,13H2,1-3H3. The van der Waals surface area contributed by atoms with Gasteiger partial charge in [-0.25, -0.2) is 4.90 Å². The van der Waals surface area contributed by atoms with Crippen LogP contribution in [0, 0.1) is 0 Å². The predicted octanol–water partition coefficient (Wildman–Crippen LogP) is 3.41. The minimum absolute atomic E-state index is 0.0118. The van der Waals surface area contributed by atoms with Crippen LogP contribution >= 0.6 is 0 Å². The first-order chi connectivity index (χ1) is 15.1. The smallest absolute Gasteiger partial charge is 0.493 e. The number of carbonyl (C=O) groups excluding carboxylic acids is 2. The Kier molecular flexibility index (Phi) is 6.93. The van der Waals surface area contributed by atoms with Gasteiger partial charge in [0.2, 0.25) is 5.91 Å². The Labute approximate surface area is 183 Å². The van der Waals surface area contributed by atoms with Gasteiger partial charge >= 0.3 is 6.36 Å². The van der Waals surface area contributed by atoms with Crippen molar-refractivity contribution < 1.29 is 37.0 Å². The number of hydrogen-bond acceptors (Lipinski definition) is 6. The van der Waals surface area contributed by atoms with Gasteiger partial charge in [-0.1, -0.05) is 6.07 Å². The summed E-state index contributed by atoms with van der Waals surface area (Å²) in [6.45, 7) is 0.505. The van der Waals surface area contributed by atoms with Crippen molar-refractivity contribution in [3.63, 3.8) is 0 Å². The van der Waals surface area contributed by atoms with Gasteiger partial charge in [0.15, 0.2) is 11.5 Å². The third kappa shape index (κ3) is 5.31. The molecule has 2 aromatic rings. The fourth-order valence-electron chi connectivity index (χ4n) is 3.53. The van der Waals surface area contributed by atoms with Gasteiger partial charge in [-0.2, -0.15) is 0 Å². The Bertz CT molecular complexity index is 979. The molecule has 1 unspecified atom stereocenters. The van der Waals surface area contributed by atoms with E-state index >= 15 is 0 Å². The fraction of sp³-hybridized carbons (Fsp3) is 0.364. The van der Waals surface area contributed by atoms with E-state index in [2.05, 4.69) is 4.74 Å². The molecule has 10 heteroatoms. The van der Waals surface area contributed by atoms with Gasteiger partial charge in [0, 0.05) is 6.54 Å². The van der Waals surface area contributed by atoms with Crippen LogP contribution in [0.1, 0.15) is 12.0 Å². The molecule has 1 aliphatic heterocycles. The van der Waals surface area contributed by atoms with E-state index in [0.717, 1.165) is 22.6 Å². The molecule has 1 saturated heterocycles. The van der Waals surface area contributed by atoms with Crippen molar-refractivity contribution in [2.24, 2.45) is 0 Å². The molecule has 172 valence electrons. The zero-order valence-electron chi connectivity index (χ0n) is 17.8. The average Bonchev–Trinajstić information content (AvgIpc) is 3.05. The molecule has 0 radical (unpaired) electrons. The first-order valence-corrected chi connectivity index (χ1v) is 9.76. The number of imide groups is 1. The summed E-state index contributed by atoms with van der Waals surface area (Å²) in [7, 11) is 4.85. The Morgan fingerprint density at radius 3 is 2.28 bits per heavy atom. The second-order valence-electron chi connectivity index (χ2n) is 7.25. The summed E-state index contributed by atoms with van der Waals surface area (Å²) in [6, 6.07) is 9.53. The lowest BCUT2D eigenvalue weighted by Gasteiger charge is -2.23. The highest BCUT2D eigenvalue weighted by Gasteiger charge is 2.41. The summed E-state index contributed by atoms with van der Waals surface area (Å²) >= 11 is 0. The van der Waals surface area contributed by atoms with Crippen LogP contribution in [-0.2, 0) is 16.0 Å². The lowest BCUT2D eigenvalue weighted by molar-refractivity contribution is -0.274. The van der Waals surface area contributed by atoms with E-state index in [9.17, 15) is 22.8 Å². The monoisotopic (exact) mass is 452 g/mol. The van der Waals surface area contributed by atoms with Crippen LogP contribution in [0.15, 0.2) is 42.5 Å². The number of carbonyl (C=O) groups is 2. The molecule has 0 bridgehead atoms. The number of amides is 2. The number of ether oxygens (including phenoxy) is 3. The number of halogens is 3. The maximum absolute atomic E-state index is 12.9. The van der Waals surface area contributed by atoms with Crippen molar-refractivity contribution in [3.8, 4) is 17.2 Å². The number of likely N-dealkylation sites (N-methyl/N-ethyl adjacent to an activating group) is 1. The maximum atomic E-state index is 12.9. The predicted molar refractivity (Wildman–Crippen MR) is 110 cm³/mol. The zero-order chi connectivity index (χ0) is 23.5. The Hall–Kier alpha value is -3.27. The molecule has 0 aromatic heterocycles. The van der Waals surface area contributed by atoms with Crippen molar-refractivity contribution in [1.82, 2.24) is 4.90 Å². The van der Waals surface area contributed by atoms with Gasteiger partial charge in [-0.15, -0.1) is 13.2 Å². The van der Waals surface area contributed by atoms with E-state index in [-0.39, 0.29) is 12.1 Å². The van der Waals surface area contributed by atoms with Crippen molar-refractivity contribution in [2.75, 3.05) is 32.7 Å². The molecule has 0 saturated carbocycles. The van der Waals surface area contributed by atoms with Gasteiger partial charge in [0.1, 0.15) is 5.75 Å². The van der Waals surface area contributed by atoms with E-state index in [4.69, 9.17) is 9.47 Å². The van der Waals surface area contributed by atoms with Crippen LogP contribution in [0.4, 0.5) is 18.9 Å². The molecule has 2 amide bonds. The summed E-state index contributed by atoms with van der Waals surface area (Å²) in [5, 5.41) is 0. The molecular formula is C22H23F3N2O5. The van der Waals surface area contributed by atoms with Crippen molar-refractivity contribution in [1.29, 1.82) is 0 Å². The number of hydrogen-bond donors (Lipinski definition) is 0.